The van der Waals surface area contributed by atoms with Gasteiger partial charge in [0.2, 0.25) is 0 Å². The smallest absolute Gasteiger partial charge is 0.0279 e. The van der Waals surface area contributed by atoms with Gasteiger partial charge in [-0.2, -0.15) is 12.1 Å². The Hall–Kier alpha value is -1.93. The molecule has 0 aliphatic heterocycles. The molecule has 0 saturated heterocycles. The fourth-order valence-corrected chi connectivity index (χ4v) is 4.96. The molecule has 0 atom stereocenters. The Morgan fingerprint density at radius 3 is 1.76 bits per heavy atom. The van der Waals surface area contributed by atoms with E-state index < -0.39 is 0 Å². The van der Waals surface area contributed by atoms with E-state index in [2.05, 4.69) is 137 Å². The van der Waals surface area contributed by atoms with E-state index in [0.29, 0.717) is 5.92 Å². The van der Waals surface area contributed by atoms with E-state index in [4.69, 9.17) is 11.6 Å². The van der Waals surface area contributed by atoms with Crippen molar-refractivity contribution in [2.45, 2.75) is 39.8 Å². The second kappa shape index (κ2) is 16.6. The van der Waals surface area contributed by atoms with Crippen LogP contribution >= 0.6 is 11.6 Å². The molecule has 0 unspecified atom stereocenters. The molecule has 210 valence electrons. The van der Waals surface area contributed by atoms with Crippen molar-refractivity contribution in [3.05, 3.63) is 131 Å². The molecule has 0 N–H and O–H groups in total. The molecule has 0 aliphatic rings. The molecule has 0 saturated carbocycles. The maximum Gasteiger partial charge on any atom is -0.0279 e. The van der Waals surface area contributed by atoms with Gasteiger partial charge in [0.1, 0.15) is 0 Å². The number of hydrogen-bond donors (Lipinski definition) is 0. The maximum absolute atomic E-state index is 6.23. The minimum absolute atomic E-state index is 0. The van der Waals surface area contributed by atoms with Gasteiger partial charge in [0.25, 0.3) is 0 Å². The van der Waals surface area contributed by atoms with E-state index in [0.717, 1.165) is 10.4 Å². The second-order valence-corrected chi connectivity index (χ2v) is 20.2. The minimum Gasteiger partial charge on any atom is -1.00 e. The van der Waals surface area contributed by atoms with Crippen molar-refractivity contribution in [1.29, 1.82) is 0 Å². The number of rotatable bonds is 3. The number of fused-ring (bicyclic) bond motifs is 2. The van der Waals surface area contributed by atoms with Crippen LogP contribution in [-0.4, -0.2) is 5.43 Å². The second-order valence-electron chi connectivity index (χ2n) is 10.4. The third kappa shape index (κ3) is 9.28. The van der Waals surface area contributed by atoms with Crippen LogP contribution in [0.5, 0.6) is 0 Å². The van der Waals surface area contributed by atoms with Crippen molar-refractivity contribution in [3.63, 3.8) is 0 Å². The number of benzene rings is 4. The quantitative estimate of drug-likeness (QED) is 0.174. The first-order chi connectivity index (χ1) is 18.7. The van der Waals surface area contributed by atoms with E-state index in [1.807, 2.05) is 12.1 Å². The van der Waals surface area contributed by atoms with Gasteiger partial charge >= 0.3 is 41.9 Å². The van der Waals surface area contributed by atoms with E-state index >= 15 is 0 Å². The molecular weight excluding hydrogens is 658 g/mol. The topological polar surface area (TPSA) is 0 Å². The number of hydrogen-bond acceptors (Lipinski definition) is 0. The van der Waals surface area contributed by atoms with Gasteiger partial charge in [-0.25, -0.2) is 0 Å². The molecule has 0 bridgehead atoms. The van der Waals surface area contributed by atoms with Gasteiger partial charge in [-0.15, -0.1) is 68.5 Å². The Labute approximate surface area is 278 Å². The Morgan fingerprint density at radius 2 is 1.22 bits per heavy atom. The standard InChI is InChI=1S/C18H17.C16H12Cl.C2H6Si.2ClH.Zr/c1-13(2)16-11-15-9-6-10-17(18(15)12-16)14-7-4-3-5-8-14;1-11-9-14-13(12-5-3-2-4-6-12)7-8-16(17)15(14)10-11;1-3-2;;;/h3-13H,1-2H3;2-10H,1H3;1-2H3;2*1H;/q2*-1;;;;+2/p-2. The summed E-state index contributed by atoms with van der Waals surface area (Å²) in [5.74, 6) is 0.584. The molecule has 5 heteroatoms. The normalized spacial score (nSPS) is 10.2. The monoisotopic (exact) mass is 690 g/mol. The van der Waals surface area contributed by atoms with Crippen LogP contribution in [0, 0.1) is 6.92 Å². The summed E-state index contributed by atoms with van der Waals surface area (Å²) in [6, 6.07) is 40.7. The molecule has 6 aromatic carbocycles. The maximum atomic E-state index is 6.23. The van der Waals surface area contributed by atoms with Crippen LogP contribution in [0.3, 0.4) is 0 Å². The number of halogens is 3. The third-order valence-electron chi connectivity index (χ3n) is 6.59. The van der Waals surface area contributed by atoms with Gasteiger partial charge in [0.15, 0.2) is 0 Å². The van der Waals surface area contributed by atoms with E-state index in [1.165, 1.54) is 49.5 Å². The summed E-state index contributed by atoms with van der Waals surface area (Å²) in [6.07, 6.45) is 0. The molecule has 6 aromatic rings. The first-order valence-electron chi connectivity index (χ1n) is 13.4. The summed E-state index contributed by atoms with van der Waals surface area (Å²) >= 11 is 7.97. The Morgan fingerprint density at radius 1 is 0.683 bits per heavy atom. The van der Waals surface area contributed by atoms with E-state index in [-0.39, 0.29) is 30.2 Å². The van der Waals surface area contributed by atoms with Crippen molar-refractivity contribution >= 4 is 38.6 Å². The zero-order valence-corrected chi connectivity index (χ0v) is 29.9. The van der Waals surface area contributed by atoms with Crippen molar-refractivity contribution < 1.29 is 48.1 Å². The molecule has 0 aromatic heterocycles. The first-order valence-corrected chi connectivity index (χ1v) is 20.0. The van der Waals surface area contributed by atoms with Crippen molar-refractivity contribution in [1.82, 2.24) is 0 Å². The molecule has 0 fully saturated rings. The largest absolute Gasteiger partial charge is 1.00 e. The number of aryl methyl sites for hydroxylation is 1. The minimum atomic E-state index is 0. The SMILES string of the molecule is CC(C)c1cc2c(-c3ccccc3)cccc2[cH-]1.C[Si](C)=[Zr+2].Cc1cc2c(-c3ccccc3)ccc(Cl)c2[cH-]1.[Cl-].[Cl-]. The van der Waals surface area contributed by atoms with Crippen molar-refractivity contribution in [2.75, 3.05) is 0 Å². The molecular formula is C36H35Cl3SiZr-2. The van der Waals surface area contributed by atoms with Gasteiger partial charge in [0.05, 0.1) is 0 Å². The van der Waals surface area contributed by atoms with E-state index in [1.54, 1.807) is 23.3 Å². The summed E-state index contributed by atoms with van der Waals surface area (Å²) in [4.78, 5) is 0. The summed E-state index contributed by atoms with van der Waals surface area (Å²) in [6.45, 7) is 11.2. The summed E-state index contributed by atoms with van der Waals surface area (Å²) in [7, 11) is 0. The molecule has 0 nitrogen and oxygen atoms in total. The molecule has 6 rings (SSSR count). The van der Waals surface area contributed by atoms with Crippen LogP contribution in [-0.2, 0) is 23.3 Å². The predicted molar refractivity (Wildman–Crippen MR) is 171 cm³/mol. The summed E-state index contributed by atoms with van der Waals surface area (Å²) < 4.78 is 0. The fraction of sp³-hybridized carbons (Fsp3) is 0.167. The zero-order chi connectivity index (χ0) is 27.9. The third-order valence-corrected chi connectivity index (χ3v) is 6.92. The molecule has 0 aliphatic carbocycles. The molecule has 0 amide bonds. The fourth-order valence-electron chi connectivity index (χ4n) is 4.74. The molecule has 41 heavy (non-hydrogen) atoms. The van der Waals surface area contributed by atoms with Crippen LogP contribution in [0.4, 0.5) is 0 Å². The average molecular weight is 693 g/mol. The summed E-state index contributed by atoms with van der Waals surface area (Å²) in [5, 5.41) is 5.92. The summed E-state index contributed by atoms with van der Waals surface area (Å²) in [5.41, 5.74) is 8.00. The van der Waals surface area contributed by atoms with Gasteiger partial charge in [0, 0.05) is 0 Å². The van der Waals surface area contributed by atoms with Gasteiger partial charge in [-0.3, -0.25) is 0 Å². The first kappa shape index (κ1) is 35.3. The van der Waals surface area contributed by atoms with Gasteiger partial charge in [-0.05, 0) is 22.1 Å². The Balaban J connectivity index is 0.000000244. The van der Waals surface area contributed by atoms with Crippen LogP contribution in [0.1, 0.15) is 30.9 Å². The van der Waals surface area contributed by atoms with Crippen LogP contribution in [0.15, 0.2) is 115 Å². The molecule has 0 spiro atoms. The zero-order valence-electron chi connectivity index (χ0n) is 24.2. The van der Waals surface area contributed by atoms with Gasteiger partial charge in [-0.1, -0.05) is 111 Å². The Bertz CT molecular complexity index is 1680. The van der Waals surface area contributed by atoms with Crippen LogP contribution in [0.25, 0.3) is 43.8 Å². The van der Waals surface area contributed by atoms with Gasteiger partial charge < -0.3 is 24.8 Å². The van der Waals surface area contributed by atoms with Crippen LogP contribution in [0.2, 0.25) is 18.1 Å². The Kier molecular flexibility index (Phi) is 14.3. The van der Waals surface area contributed by atoms with Crippen molar-refractivity contribution in [3.8, 4) is 22.3 Å². The van der Waals surface area contributed by atoms with Crippen molar-refractivity contribution in [2.24, 2.45) is 0 Å². The van der Waals surface area contributed by atoms with E-state index in [9.17, 15) is 0 Å². The molecule has 0 heterocycles. The molecule has 0 radical (unpaired) electrons. The average Bonchev–Trinajstić information content (AvgIpc) is 3.54. The predicted octanol–water partition coefficient (Wildman–Crippen LogP) is 5.33. The van der Waals surface area contributed by atoms with Crippen LogP contribution < -0.4 is 24.8 Å².